The average Bonchev–Trinajstić information content (AvgIpc) is 2.47. The van der Waals surface area contributed by atoms with Gasteiger partial charge in [0.15, 0.2) is 0 Å². The Morgan fingerprint density at radius 3 is 2.55 bits per heavy atom. The Bertz CT molecular complexity index is 704. The highest BCUT2D eigenvalue weighted by molar-refractivity contribution is 9.10. The lowest BCUT2D eigenvalue weighted by atomic mass is 10.2. The van der Waals surface area contributed by atoms with Crippen molar-refractivity contribution in [1.82, 2.24) is 5.32 Å². The number of hydrogen-bond donors (Lipinski definition) is 2. The average molecular weight is 386 g/mol. The maximum Gasteiger partial charge on any atom is 0.256 e. The van der Waals surface area contributed by atoms with Crippen molar-refractivity contribution in [3.05, 3.63) is 63.3 Å². The fraction of sp³-hybridized carbons (Fsp3) is 0.0667. The molecule has 0 fully saturated rings. The minimum absolute atomic E-state index is 0.0105. The van der Waals surface area contributed by atoms with Crippen molar-refractivity contribution in [1.29, 1.82) is 0 Å². The van der Waals surface area contributed by atoms with Crippen LogP contribution in [0.4, 0.5) is 10.1 Å². The molecule has 2 amide bonds. The van der Waals surface area contributed by atoms with Gasteiger partial charge in [0.2, 0.25) is 5.91 Å². The second-order valence-corrected chi connectivity index (χ2v) is 5.57. The summed E-state index contributed by atoms with van der Waals surface area (Å²) >= 11 is 9.07. The van der Waals surface area contributed by atoms with Crippen LogP contribution in [0.2, 0.25) is 5.02 Å². The van der Waals surface area contributed by atoms with Gasteiger partial charge in [-0.25, -0.2) is 4.39 Å². The molecule has 7 heteroatoms. The van der Waals surface area contributed by atoms with Gasteiger partial charge in [0.1, 0.15) is 5.82 Å². The topological polar surface area (TPSA) is 58.2 Å². The van der Waals surface area contributed by atoms with E-state index in [1.54, 1.807) is 18.2 Å². The van der Waals surface area contributed by atoms with Gasteiger partial charge in [0, 0.05) is 4.47 Å². The number of carbonyl (C=O) groups is 2. The zero-order chi connectivity index (χ0) is 16.1. The molecule has 2 aromatic rings. The highest BCUT2D eigenvalue weighted by atomic mass is 79.9. The van der Waals surface area contributed by atoms with Gasteiger partial charge >= 0.3 is 0 Å². The first-order valence-corrected chi connectivity index (χ1v) is 7.42. The van der Waals surface area contributed by atoms with Crippen LogP contribution in [0.25, 0.3) is 0 Å². The number of para-hydroxylation sites is 1. The number of nitrogens with one attached hydrogen (secondary N) is 2. The second-order valence-electron chi connectivity index (χ2n) is 4.31. The van der Waals surface area contributed by atoms with Crippen LogP contribution in [-0.4, -0.2) is 18.4 Å². The lowest BCUT2D eigenvalue weighted by Gasteiger charge is -2.09. The van der Waals surface area contributed by atoms with E-state index in [9.17, 15) is 14.0 Å². The van der Waals surface area contributed by atoms with Crippen molar-refractivity contribution in [3.63, 3.8) is 0 Å². The third-order valence-electron chi connectivity index (χ3n) is 2.75. The third kappa shape index (κ3) is 4.05. The first-order valence-electron chi connectivity index (χ1n) is 6.25. The molecule has 2 rings (SSSR count). The molecule has 0 aromatic heterocycles. The molecule has 0 radical (unpaired) electrons. The van der Waals surface area contributed by atoms with E-state index in [2.05, 4.69) is 26.6 Å². The third-order valence-corrected chi connectivity index (χ3v) is 3.75. The Labute approximate surface area is 139 Å². The number of benzene rings is 2. The summed E-state index contributed by atoms with van der Waals surface area (Å²) < 4.78 is 14.3. The predicted molar refractivity (Wildman–Crippen MR) is 86.5 cm³/mol. The summed E-state index contributed by atoms with van der Waals surface area (Å²) in [7, 11) is 0. The van der Waals surface area contributed by atoms with Crippen LogP contribution in [0, 0.1) is 5.82 Å². The van der Waals surface area contributed by atoms with Gasteiger partial charge in [-0.2, -0.15) is 0 Å². The van der Waals surface area contributed by atoms with Gasteiger partial charge in [0.05, 0.1) is 22.8 Å². The molecule has 0 aliphatic rings. The van der Waals surface area contributed by atoms with Crippen LogP contribution in [0.15, 0.2) is 46.9 Å². The SMILES string of the molecule is O=C(CNC(=O)c1c(F)cccc1Cl)Nc1ccccc1Br. The summed E-state index contributed by atoms with van der Waals surface area (Å²) in [5.74, 6) is -1.92. The van der Waals surface area contributed by atoms with E-state index in [1.165, 1.54) is 12.1 Å². The van der Waals surface area contributed by atoms with Crippen LogP contribution < -0.4 is 10.6 Å². The summed E-state index contributed by atoms with van der Waals surface area (Å²) in [6.45, 7) is -0.301. The minimum atomic E-state index is -0.745. The van der Waals surface area contributed by atoms with Crippen molar-refractivity contribution >= 4 is 45.0 Å². The maximum absolute atomic E-state index is 13.6. The molecule has 0 atom stereocenters. The summed E-state index contributed by atoms with van der Waals surface area (Å²) in [6.07, 6.45) is 0. The van der Waals surface area contributed by atoms with Crippen LogP contribution in [0.5, 0.6) is 0 Å². The maximum atomic E-state index is 13.6. The fourth-order valence-electron chi connectivity index (χ4n) is 1.72. The smallest absolute Gasteiger partial charge is 0.256 e. The molecule has 0 bridgehead atoms. The predicted octanol–water partition coefficient (Wildman–Crippen LogP) is 3.61. The lowest BCUT2D eigenvalue weighted by Crippen LogP contribution is -2.33. The van der Waals surface area contributed by atoms with Crippen LogP contribution in [-0.2, 0) is 4.79 Å². The van der Waals surface area contributed by atoms with E-state index in [0.29, 0.717) is 10.2 Å². The molecule has 4 nitrogen and oxygen atoms in total. The van der Waals surface area contributed by atoms with Gasteiger partial charge < -0.3 is 10.6 Å². The summed E-state index contributed by atoms with van der Waals surface area (Å²) in [4.78, 5) is 23.7. The highest BCUT2D eigenvalue weighted by Gasteiger charge is 2.16. The molecule has 0 aliphatic carbocycles. The van der Waals surface area contributed by atoms with Gasteiger partial charge in [-0.1, -0.05) is 29.8 Å². The van der Waals surface area contributed by atoms with Crippen molar-refractivity contribution in [2.24, 2.45) is 0 Å². The molecule has 2 N–H and O–H groups in total. The number of amides is 2. The number of anilines is 1. The van der Waals surface area contributed by atoms with Crippen LogP contribution in [0.1, 0.15) is 10.4 Å². The molecule has 0 saturated carbocycles. The van der Waals surface area contributed by atoms with Gasteiger partial charge in [0.25, 0.3) is 5.91 Å². The Balaban J connectivity index is 1.97. The first-order chi connectivity index (χ1) is 10.5. The molecule has 0 aliphatic heterocycles. The van der Waals surface area contributed by atoms with Gasteiger partial charge in [-0.3, -0.25) is 9.59 Å². The molecule has 0 saturated heterocycles. The highest BCUT2D eigenvalue weighted by Crippen LogP contribution is 2.21. The summed E-state index contributed by atoms with van der Waals surface area (Å²) in [5, 5.41) is 4.94. The lowest BCUT2D eigenvalue weighted by molar-refractivity contribution is -0.115. The molecule has 0 unspecified atom stereocenters. The van der Waals surface area contributed by atoms with Crippen molar-refractivity contribution < 1.29 is 14.0 Å². The zero-order valence-electron chi connectivity index (χ0n) is 11.2. The zero-order valence-corrected chi connectivity index (χ0v) is 13.5. The largest absolute Gasteiger partial charge is 0.343 e. The standard InChI is InChI=1S/C15H11BrClFN2O2/c16-9-4-1-2-7-12(9)20-13(21)8-19-15(22)14-10(17)5-3-6-11(14)18/h1-7H,8H2,(H,19,22)(H,20,21). The number of hydrogen-bond acceptors (Lipinski definition) is 2. The quantitative estimate of drug-likeness (QED) is 0.845. The number of carbonyl (C=O) groups excluding carboxylic acids is 2. The molecular formula is C15H11BrClFN2O2. The molecule has 0 spiro atoms. The molecule has 114 valence electrons. The molecular weight excluding hydrogens is 375 g/mol. The Hall–Kier alpha value is -1.92. The second kappa shape index (κ2) is 7.38. The van der Waals surface area contributed by atoms with Gasteiger partial charge in [-0.15, -0.1) is 0 Å². The van der Waals surface area contributed by atoms with E-state index in [4.69, 9.17) is 11.6 Å². The first kappa shape index (κ1) is 16.5. The van der Waals surface area contributed by atoms with Crippen LogP contribution in [0.3, 0.4) is 0 Å². The summed E-state index contributed by atoms with van der Waals surface area (Å²) in [5.41, 5.74) is 0.295. The van der Waals surface area contributed by atoms with E-state index >= 15 is 0 Å². The van der Waals surface area contributed by atoms with E-state index < -0.39 is 17.6 Å². The van der Waals surface area contributed by atoms with E-state index in [-0.39, 0.29) is 17.1 Å². The monoisotopic (exact) mass is 384 g/mol. The number of halogens is 3. The van der Waals surface area contributed by atoms with Crippen molar-refractivity contribution in [2.45, 2.75) is 0 Å². The van der Waals surface area contributed by atoms with E-state index in [1.807, 2.05) is 6.07 Å². The Morgan fingerprint density at radius 1 is 1.14 bits per heavy atom. The van der Waals surface area contributed by atoms with E-state index in [0.717, 1.165) is 6.07 Å². The van der Waals surface area contributed by atoms with Crippen molar-refractivity contribution in [2.75, 3.05) is 11.9 Å². The normalized spacial score (nSPS) is 10.1. The fourth-order valence-corrected chi connectivity index (χ4v) is 2.35. The minimum Gasteiger partial charge on any atom is -0.343 e. The number of rotatable bonds is 4. The Morgan fingerprint density at radius 2 is 1.86 bits per heavy atom. The Kier molecular flexibility index (Phi) is 5.51. The van der Waals surface area contributed by atoms with Crippen molar-refractivity contribution in [3.8, 4) is 0 Å². The molecule has 22 heavy (non-hydrogen) atoms. The summed E-state index contributed by atoms with van der Waals surface area (Å²) in [6, 6.07) is 11.0. The van der Waals surface area contributed by atoms with Crippen LogP contribution >= 0.6 is 27.5 Å². The molecule has 0 heterocycles. The molecule has 2 aromatic carbocycles. The van der Waals surface area contributed by atoms with Gasteiger partial charge in [-0.05, 0) is 40.2 Å².